The third kappa shape index (κ3) is 8.33. The summed E-state index contributed by atoms with van der Waals surface area (Å²) < 4.78 is 5.32. The van der Waals surface area contributed by atoms with E-state index in [1.165, 1.54) is 6.42 Å². The van der Waals surface area contributed by atoms with Crippen LogP contribution in [0.25, 0.3) is 0 Å². The highest BCUT2D eigenvalue weighted by molar-refractivity contribution is 5.92. The van der Waals surface area contributed by atoms with Crippen LogP contribution in [0.5, 0.6) is 0 Å². The Labute approximate surface area is 205 Å². The molecule has 2 atom stereocenters. The molecule has 0 saturated heterocycles. The smallest absolute Gasteiger partial charge is 0.408 e. The lowest BCUT2D eigenvalue weighted by Gasteiger charge is -2.35. The van der Waals surface area contributed by atoms with Crippen molar-refractivity contribution in [3.05, 3.63) is 34.9 Å². The van der Waals surface area contributed by atoms with Crippen molar-refractivity contribution in [3.63, 3.8) is 0 Å². The molecule has 0 heterocycles. The van der Waals surface area contributed by atoms with Crippen LogP contribution in [0.15, 0.2) is 18.2 Å². The summed E-state index contributed by atoms with van der Waals surface area (Å²) in [7, 11) is 0. The van der Waals surface area contributed by atoms with E-state index in [0.717, 1.165) is 42.4 Å². The normalized spacial score (nSPS) is 16.3. The van der Waals surface area contributed by atoms with Gasteiger partial charge in [-0.3, -0.25) is 9.59 Å². The van der Waals surface area contributed by atoms with E-state index in [1.807, 2.05) is 32.9 Å². The predicted octanol–water partition coefficient (Wildman–Crippen LogP) is 4.95. The number of carbonyl (C=O) groups is 3. The Hall–Kier alpha value is -2.57. The molecule has 0 aliphatic heterocycles. The summed E-state index contributed by atoms with van der Waals surface area (Å²) in [5.41, 5.74) is 2.19. The van der Waals surface area contributed by atoms with Crippen molar-refractivity contribution >= 4 is 17.9 Å². The van der Waals surface area contributed by atoms with Gasteiger partial charge in [0.2, 0.25) is 11.8 Å². The molecule has 34 heavy (non-hydrogen) atoms. The molecule has 0 bridgehead atoms. The molecule has 0 spiro atoms. The van der Waals surface area contributed by atoms with Gasteiger partial charge in [-0.2, -0.15) is 0 Å². The lowest BCUT2D eigenvalue weighted by molar-refractivity contribution is -0.142. The molecule has 1 aliphatic carbocycles. The zero-order valence-corrected chi connectivity index (χ0v) is 22.0. The number of nitrogens with zero attached hydrogens (tertiary/aromatic N) is 1. The predicted molar refractivity (Wildman–Crippen MR) is 135 cm³/mol. The van der Waals surface area contributed by atoms with Crippen LogP contribution in [0.3, 0.4) is 0 Å². The first-order chi connectivity index (χ1) is 15.9. The van der Waals surface area contributed by atoms with Gasteiger partial charge in [0, 0.05) is 12.6 Å². The number of rotatable bonds is 8. The van der Waals surface area contributed by atoms with E-state index in [-0.39, 0.29) is 17.9 Å². The quantitative estimate of drug-likeness (QED) is 0.559. The molecule has 1 aromatic carbocycles. The van der Waals surface area contributed by atoms with E-state index in [0.29, 0.717) is 13.0 Å². The molecule has 1 fully saturated rings. The number of ether oxygens (including phenoxy) is 1. The fraction of sp³-hybridized carbons (Fsp3) is 0.667. The number of hydrogen-bond acceptors (Lipinski definition) is 4. The van der Waals surface area contributed by atoms with Crippen molar-refractivity contribution < 1.29 is 19.1 Å². The molecule has 0 radical (unpaired) electrons. The van der Waals surface area contributed by atoms with Crippen LogP contribution in [-0.4, -0.2) is 47.0 Å². The second-order valence-corrected chi connectivity index (χ2v) is 10.6. The Kier molecular flexibility index (Phi) is 9.95. The number of amides is 3. The average molecular weight is 474 g/mol. The molecule has 7 nitrogen and oxygen atoms in total. The lowest BCUT2D eigenvalue weighted by Crippen LogP contribution is -2.53. The van der Waals surface area contributed by atoms with Crippen LogP contribution in [0.4, 0.5) is 4.79 Å². The number of carbonyl (C=O) groups excluding carboxylic acids is 3. The molecule has 1 saturated carbocycles. The molecule has 190 valence electrons. The Morgan fingerprint density at radius 2 is 1.65 bits per heavy atom. The Morgan fingerprint density at radius 3 is 2.18 bits per heavy atom. The van der Waals surface area contributed by atoms with E-state index in [2.05, 4.69) is 16.7 Å². The summed E-state index contributed by atoms with van der Waals surface area (Å²) in [6.45, 7) is 13.3. The largest absolute Gasteiger partial charge is 0.444 e. The summed E-state index contributed by atoms with van der Waals surface area (Å²) in [4.78, 5) is 41.2. The van der Waals surface area contributed by atoms with Crippen LogP contribution in [0.2, 0.25) is 0 Å². The molecule has 3 amide bonds. The van der Waals surface area contributed by atoms with E-state index >= 15 is 0 Å². The van der Waals surface area contributed by atoms with Gasteiger partial charge in [-0.15, -0.1) is 0 Å². The van der Waals surface area contributed by atoms with Crippen molar-refractivity contribution in [3.8, 4) is 0 Å². The third-order valence-electron chi connectivity index (χ3n) is 5.92. The zero-order valence-electron chi connectivity index (χ0n) is 22.0. The molecule has 1 aromatic rings. The molecule has 2 N–H and O–H groups in total. The number of aryl methyl sites for hydroxylation is 2. The number of alkyl carbamates (subject to hydrolysis) is 1. The summed E-state index contributed by atoms with van der Waals surface area (Å²) in [6, 6.07) is 4.52. The minimum absolute atomic E-state index is 0.130. The fourth-order valence-electron chi connectivity index (χ4n) is 4.57. The van der Waals surface area contributed by atoms with Gasteiger partial charge in [0.15, 0.2) is 0 Å². The molecule has 7 heteroatoms. The van der Waals surface area contributed by atoms with E-state index in [1.54, 1.807) is 32.6 Å². The fourth-order valence-corrected chi connectivity index (χ4v) is 4.57. The summed E-state index contributed by atoms with van der Waals surface area (Å²) in [5.74, 6) is -0.473. The molecule has 0 aromatic heterocycles. The minimum Gasteiger partial charge on any atom is -0.444 e. The second kappa shape index (κ2) is 12.2. The maximum Gasteiger partial charge on any atom is 0.408 e. The van der Waals surface area contributed by atoms with Crippen molar-refractivity contribution in [1.82, 2.24) is 15.5 Å². The topological polar surface area (TPSA) is 87.7 Å². The van der Waals surface area contributed by atoms with Crippen molar-refractivity contribution in [2.24, 2.45) is 0 Å². The first-order valence-electron chi connectivity index (χ1n) is 12.6. The Bertz CT molecular complexity index is 836. The van der Waals surface area contributed by atoms with Crippen LogP contribution < -0.4 is 10.6 Å². The van der Waals surface area contributed by atoms with Gasteiger partial charge in [0.1, 0.15) is 17.7 Å². The van der Waals surface area contributed by atoms with Crippen LogP contribution >= 0.6 is 0 Å². The standard InChI is InChI=1S/C27H43N3O4/c1-8-14-30(25(32)20(4)28-26(33)34-27(5,6)7)23(21-16-18(2)15-19(3)17-21)24(31)29-22-12-10-9-11-13-22/h15-17,20,22-23H,8-14H2,1-7H3,(H,28,33)(H,29,31). The summed E-state index contributed by atoms with van der Waals surface area (Å²) in [5, 5.41) is 5.86. The highest BCUT2D eigenvalue weighted by atomic mass is 16.6. The maximum atomic E-state index is 13.7. The molecule has 2 rings (SSSR count). The summed E-state index contributed by atoms with van der Waals surface area (Å²) >= 11 is 0. The Morgan fingerprint density at radius 1 is 1.06 bits per heavy atom. The molecule has 2 unspecified atom stereocenters. The number of nitrogens with one attached hydrogen (secondary N) is 2. The zero-order chi connectivity index (χ0) is 25.5. The van der Waals surface area contributed by atoms with Gasteiger partial charge in [-0.25, -0.2) is 4.79 Å². The Balaban J connectivity index is 2.35. The number of hydrogen-bond donors (Lipinski definition) is 2. The van der Waals surface area contributed by atoms with Gasteiger partial charge in [0.05, 0.1) is 0 Å². The van der Waals surface area contributed by atoms with Crippen LogP contribution in [-0.2, 0) is 14.3 Å². The average Bonchev–Trinajstić information content (AvgIpc) is 2.71. The first-order valence-corrected chi connectivity index (χ1v) is 12.6. The lowest BCUT2D eigenvalue weighted by atomic mass is 9.94. The van der Waals surface area contributed by atoms with E-state index < -0.39 is 23.8 Å². The molecular weight excluding hydrogens is 430 g/mol. The van der Waals surface area contributed by atoms with Crippen molar-refractivity contribution in [2.75, 3.05) is 6.54 Å². The second-order valence-electron chi connectivity index (χ2n) is 10.6. The van der Waals surface area contributed by atoms with Crippen LogP contribution in [0.1, 0.15) is 95.9 Å². The van der Waals surface area contributed by atoms with Gasteiger partial charge in [0.25, 0.3) is 0 Å². The molecule has 1 aliphatic rings. The number of benzene rings is 1. The molecular formula is C27H43N3O4. The first kappa shape index (κ1) is 27.7. The van der Waals surface area contributed by atoms with Gasteiger partial charge >= 0.3 is 6.09 Å². The SMILES string of the molecule is CCCN(C(=O)C(C)NC(=O)OC(C)(C)C)C(C(=O)NC1CCCCC1)c1cc(C)cc(C)c1. The van der Waals surface area contributed by atoms with Crippen molar-refractivity contribution in [2.45, 2.75) is 111 Å². The maximum absolute atomic E-state index is 13.7. The van der Waals surface area contributed by atoms with E-state index in [4.69, 9.17) is 4.74 Å². The van der Waals surface area contributed by atoms with Crippen LogP contribution in [0, 0.1) is 13.8 Å². The highest BCUT2D eigenvalue weighted by Crippen LogP contribution is 2.27. The van der Waals surface area contributed by atoms with Gasteiger partial charge in [-0.1, -0.05) is 55.5 Å². The monoisotopic (exact) mass is 473 g/mol. The highest BCUT2D eigenvalue weighted by Gasteiger charge is 2.35. The summed E-state index contributed by atoms with van der Waals surface area (Å²) in [6.07, 6.45) is 5.36. The van der Waals surface area contributed by atoms with Gasteiger partial charge < -0.3 is 20.3 Å². The van der Waals surface area contributed by atoms with Crippen molar-refractivity contribution in [1.29, 1.82) is 0 Å². The minimum atomic E-state index is -0.836. The van der Waals surface area contributed by atoms with Gasteiger partial charge in [-0.05, 0) is 66.4 Å². The van der Waals surface area contributed by atoms with E-state index in [9.17, 15) is 14.4 Å². The third-order valence-corrected chi connectivity index (χ3v) is 5.92.